The summed E-state index contributed by atoms with van der Waals surface area (Å²) in [4.78, 5) is 29.9. The van der Waals surface area contributed by atoms with Crippen LogP contribution in [0.4, 0.5) is 10.7 Å². The number of amides is 2. The molecular weight excluding hydrogens is 268 g/mol. The van der Waals surface area contributed by atoms with E-state index in [9.17, 15) is 9.59 Å². The number of anilines is 1. The molecule has 0 fully saturated rings. The van der Waals surface area contributed by atoms with Gasteiger partial charge in [-0.1, -0.05) is 0 Å². The van der Waals surface area contributed by atoms with Gasteiger partial charge in [-0.05, 0) is 6.92 Å². The van der Waals surface area contributed by atoms with Crippen LogP contribution in [-0.4, -0.2) is 47.3 Å². The Morgan fingerprint density at radius 3 is 2.30 bits per heavy atom. The number of carbonyl (C=O) groups is 2. The van der Waals surface area contributed by atoms with Crippen LogP contribution < -0.4 is 20.1 Å². The molecule has 1 unspecified atom stereocenters. The molecule has 2 amide bonds. The van der Waals surface area contributed by atoms with E-state index < -0.39 is 18.0 Å². The maximum absolute atomic E-state index is 11.6. The third-order valence-electron chi connectivity index (χ3n) is 2.18. The molecule has 0 aliphatic rings. The summed E-state index contributed by atoms with van der Waals surface area (Å²) in [7, 11) is 2.83. The van der Waals surface area contributed by atoms with E-state index in [0.29, 0.717) is 0 Å². The van der Waals surface area contributed by atoms with E-state index in [1.165, 1.54) is 20.3 Å². The number of ether oxygens (including phenoxy) is 2. The van der Waals surface area contributed by atoms with E-state index in [4.69, 9.17) is 14.6 Å². The van der Waals surface area contributed by atoms with E-state index in [-0.39, 0.29) is 24.1 Å². The number of urea groups is 1. The van der Waals surface area contributed by atoms with Crippen LogP contribution >= 0.6 is 0 Å². The van der Waals surface area contributed by atoms with Crippen molar-refractivity contribution >= 4 is 17.9 Å². The van der Waals surface area contributed by atoms with Crippen molar-refractivity contribution in [2.45, 2.75) is 19.4 Å². The minimum absolute atomic E-state index is 0.0128. The molecule has 1 aromatic rings. The molecule has 1 atom stereocenters. The smallest absolute Gasteiger partial charge is 0.321 e. The third kappa shape index (κ3) is 4.96. The number of hydrogen-bond donors (Lipinski definition) is 3. The molecule has 20 heavy (non-hydrogen) atoms. The van der Waals surface area contributed by atoms with Gasteiger partial charge in [0.25, 0.3) is 0 Å². The molecule has 0 aliphatic carbocycles. The largest absolute Gasteiger partial charge is 0.481 e. The predicted octanol–water partition coefficient (Wildman–Crippen LogP) is 0.478. The Morgan fingerprint density at radius 1 is 1.30 bits per heavy atom. The summed E-state index contributed by atoms with van der Waals surface area (Å²) in [6.07, 6.45) is -0.185. The van der Waals surface area contributed by atoms with Gasteiger partial charge in [0.1, 0.15) is 0 Å². The van der Waals surface area contributed by atoms with Crippen LogP contribution in [0.5, 0.6) is 11.8 Å². The Labute approximate surface area is 115 Å². The zero-order valence-electron chi connectivity index (χ0n) is 11.3. The number of nitrogens with zero attached hydrogens (tertiary/aromatic N) is 2. The van der Waals surface area contributed by atoms with Crippen molar-refractivity contribution in [1.82, 2.24) is 15.3 Å². The first kappa shape index (κ1) is 15.5. The third-order valence-corrected chi connectivity index (χ3v) is 2.18. The molecular formula is C11H16N4O5. The lowest BCUT2D eigenvalue weighted by Crippen LogP contribution is -2.37. The van der Waals surface area contributed by atoms with Crippen LogP contribution in [0, 0.1) is 0 Å². The fourth-order valence-electron chi connectivity index (χ4n) is 1.34. The molecule has 1 aromatic heterocycles. The van der Waals surface area contributed by atoms with E-state index in [1.807, 2.05) is 0 Å². The summed E-state index contributed by atoms with van der Waals surface area (Å²) in [5, 5.41) is 13.4. The summed E-state index contributed by atoms with van der Waals surface area (Å²) >= 11 is 0. The van der Waals surface area contributed by atoms with Crippen molar-refractivity contribution in [2.24, 2.45) is 0 Å². The van der Waals surface area contributed by atoms with Crippen molar-refractivity contribution < 1.29 is 24.2 Å². The maximum atomic E-state index is 11.6. The fourth-order valence-corrected chi connectivity index (χ4v) is 1.34. The Balaban J connectivity index is 2.67. The number of rotatable bonds is 6. The molecule has 3 N–H and O–H groups in total. The van der Waals surface area contributed by atoms with Gasteiger partial charge in [0.15, 0.2) is 0 Å². The monoisotopic (exact) mass is 284 g/mol. The summed E-state index contributed by atoms with van der Waals surface area (Å²) in [5.41, 5.74) is 0. The minimum Gasteiger partial charge on any atom is -0.481 e. The fraction of sp³-hybridized carbons (Fsp3) is 0.455. The summed E-state index contributed by atoms with van der Waals surface area (Å²) in [5.74, 6) is -0.560. The summed E-state index contributed by atoms with van der Waals surface area (Å²) in [6, 6.07) is 0.310. The number of aromatic nitrogens is 2. The van der Waals surface area contributed by atoms with Crippen LogP contribution in [0.15, 0.2) is 6.07 Å². The van der Waals surface area contributed by atoms with E-state index in [2.05, 4.69) is 20.6 Å². The van der Waals surface area contributed by atoms with Gasteiger partial charge in [0.2, 0.25) is 17.7 Å². The highest BCUT2D eigenvalue weighted by molar-refractivity contribution is 5.88. The summed E-state index contributed by atoms with van der Waals surface area (Å²) < 4.78 is 9.86. The van der Waals surface area contributed by atoms with Crippen molar-refractivity contribution in [3.8, 4) is 11.8 Å². The second-order valence-electron chi connectivity index (χ2n) is 3.87. The number of carboxylic acids is 1. The van der Waals surface area contributed by atoms with Crippen molar-refractivity contribution in [3.63, 3.8) is 0 Å². The molecule has 110 valence electrons. The van der Waals surface area contributed by atoms with Gasteiger partial charge >= 0.3 is 12.0 Å². The Hall–Kier alpha value is -2.58. The molecule has 9 nitrogen and oxygen atoms in total. The average Bonchev–Trinajstić information content (AvgIpc) is 2.36. The molecule has 0 radical (unpaired) electrons. The molecule has 0 aliphatic heterocycles. The van der Waals surface area contributed by atoms with Crippen LogP contribution in [-0.2, 0) is 4.79 Å². The Bertz CT molecular complexity index is 471. The van der Waals surface area contributed by atoms with E-state index >= 15 is 0 Å². The lowest BCUT2D eigenvalue weighted by Gasteiger charge is -2.12. The topological polar surface area (TPSA) is 123 Å². The van der Waals surface area contributed by atoms with Crippen LogP contribution in [0.3, 0.4) is 0 Å². The second kappa shape index (κ2) is 7.12. The lowest BCUT2D eigenvalue weighted by atomic mass is 10.2. The van der Waals surface area contributed by atoms with Gasteiger partial charge in [-0.3, -0.25) is 10.1 Å². The second-order valence-corrected chi connectivity index (χ2v) is 3.87. The van der Waals surface area contributed by atoms with E-state index in [0.717, 1.165) is 0 Å². The molecule has 0 aromatic carbocycles. The molecule has 0 saturated heterocycles. The van der Waals surface area contributed by atoms with E-state index in [1.54, 1.807) is 6.92 Å². The number of carbonyl (C=O) groups excluding carboxylic acids is 1. The number of carboxylic acid groups (broad SMARTS) is 1. The SMILES string of the molecule is COc1cc(OC)nc(NC(=O)NC(C)CC(=O)O)n1. The predicted molar refractivity (Wildman–Crippen MR) is 69.0 cm³/mol. The lowest BCUT2D eigenvalue weighted by molar-refractivity contribution is -0.137. The summed E-state index contributed by atoms with van der Waals surface area (Å²) in [6.45, 7) is 1.57. The highest BCUT2D eigenvalue weighted by Crippen LogP contribution is 2.17. The first-order valence-electron chi connectivity index (χ1n) is 5.71. The van der Waals surface area contributed by atoms with Gasteiger partial charge in [-0.2, -0.15) is 9.97 Å². The van der Waals surface area contributed by atoms with Crippen LogP contribution in [0.2, 0.25) is 0 Å². The van der Waals surface area contributed by atoms with Gasteiger partial charge in [-0.25, -0.2) is 4.79 Å². The Kier molecular flexibility index (Phi) is 5.51. The molecule has 0 bridgehead atoms. The normalized spacial score (nSPS) is 11.3. The van der Waals surface area contributed by atoms with Crippen LogP contribution in [0.1, 0.15) is 13.3 Å². The zero-order valence-corrected chi connectivity index (χ0v) is 11.3. The number of hydrogen-bond acceptors (Lipinski definition) is 6. The first-order valence-corrected chi connectivity index (χ1v) is 5.71. The zero-order chi connectivity index (χ0) is 15.1. The highest BCUT2D eigenvalue weighted by Gasteiger charge is 2.13. The quantitative estimate of drug-likeness (QED) is 0.694. The molecule has 0 saturated carbocycles. The van der Waals surface area contributed by atoms with Crippen molar-refractivity contribution in [1.29, 1.82) is 0 Å². The number of nitrogens with one attached hydrogen (secondary N) is 2. The number of methoxy groups -OCH3 is 2. The molecule has 9 heteroatoms. The Morgan fingerprint density at radius 2 is 1.85 bits per heavy atom. The van der Waals surface area contributed by atoms with Crippen molar-refractivity contribution in [2.75, 3.05) is 19.5 Å². The minimum atomic E-state index is -1.00. The molecule has 1 heterocycles. The molecule has 0 spiro atoms. The van der Waals surface area contributed by atoms with Crippen LogP contribution in [0.25, 0.3) is 0 Å². The molecule has 1 rings (SSSR count). The average molecular weight is 284 g/mol. The maximum Gasteiger partial charge on any atom is 0.321 e. The van der Waals surface area contributed by atoms with Gasteiger partial charge < -0.3 is 19.9 Å². The van der Waals surface area contributed by atoms with Crippen molar-refractivity contribution in [3.05, 3.63) is 6.07 Å². The highest BCUT2D eigenvalue weighted by atomic mass is 16.5. The van der Waals surface area contributed by atoms with Gasteiger partial charge in [-0.15, -0.1) is 0 Å². The van der Waals surface area contributed by atoms with Gasteiger partial charge in [0.05, 0.1) is 26.7 Å². The number of aliphatic carboxylic acids is 1. The van der Waals surface area contributed by atoms with Gasteiger partial charge in [0, 0.05) is 6.04 Å². The standard InChI is InChI=1S/C11H16N4O5/c1-6(4-9(16)17)12-11(18)15-10-13-7(19-2)5-8(14-10)20-3/h5-6H,4H2,1-3H3,(H,16,17)(H2,12,13,14,15,18). The first-order chi connectivity index (χ1) is 9.44.